The molecule has 0 aliphatic heterocycles. The monoisotopic (exact) mass is 294 g/mol. The fraction of sp³-hybridized carbons (Fsp3) is 0.0625. The van der Waals surface area contributed by atoms with Gasteiger partial charge in [-0.1, -0.05) is 18.2 Å². The van der Waals surface area contributed by atoms with Crippen LogP contribution < -0.4 is 10.1 Å². The fourth-order valence-electron chi connectivity index (χ4n) is 2.02. The molecule has 0 fully saturated rings. The second-order valence-electron chi connectivity index (χ2n) is 4.51. The molecule has 0 saturated heterocycles. The van der Waals surface area contributed by atoms with Crippen LogP contribution in [0, 0.1) is 0 Å². The summed E-state index contributed by atoms with van der Waals surface area (Å²) in [5, 5.41) is 3.26. The Kier molecular flexibility index (Phi) is 3.82. The van der Waals surface area contributed by atoms with Crippen LogP contribution in [0.15, 0.2) is 48.9 Å². The lowest BCUT2D eigenvalue weighted by atomic mass is 10.2. The number of nitrogens with zero attached hydrogens (tertiary/aromatic N) is 2. The van der Waals surface area contributed by atoms with E-state index in [0.29, 0.717) is 17.3 Å². The molecule has 110 valence electrons. The zero-order chi connectivity index (χ0) is 15.4. The van der Waals surface area contributed by atoms with Crippen molar-refractivity contribution in [3.8, 4) is 11.6 Å². The summed E-state index contributed by atoms with van der Waals surface area (Å²) in [7, 11) is 1.58. The average molecular weight is 294 g/mol. The predicted molar refractivity (Wildman–Crippen MR) is 83.5 cm³/mol. The molecule has 2 heterocycles. The number of aromatic nitrogens is 3. The van der Waals surface area contributed by atoms with Crippen molar-refractivity contribution in [3.05, 3.63) is 54.5 Å². The molecule has 1 amide bonds. The summed E-state index contributed by atoms with van der Waals surface area (Å²) in [4.78, 5) is 22.8. The molecule has 0 spiro atoms. The molecule has 0 aliphatic carbocycles. The van der Waals surface area contributed by atoms with Gasteiger partial charge in [0.1, 0.15) is 17.7 Å². The SMILES string of the molecule is CNC(=O)C=Cc1c[nH]c2ncnc(Oc3ccccc3)c12. The highest BCUT2D eigenvalue weighted by molar-refractivity contribution is 5.96. The Balaban J connectivity index is 2.01. The van der Waals surface area contributed by atoms with Crippen LogP contribution in [-0.2, 0) is 4.79 Å². The number of benzene rings is 1. The molecule has 0 unspecified atom stereocenters. The van der Waals surface area contributed by atoms with Gasteiger partial charge in [0, 0.05) is 24.9 Å². The molecule has 2 aromatic heterocycles. The van der Waals surface area contributed by atoms with Gasteiger partial charge in [-0.15, -0.1) is 0 Å². The van der Waals surface area contributed by atoms with Crippen molar-refractivity contribution in [2.24, 2.45) is 0 Å². The van der Waals surface area contributed by atoms with E-state index in [1.54, 1.807) is 19.3 Å². The topological polar surface area (TPSA) is 79.9 Å². The third kappa shape index (κ3) is 2.80. The van der Waals surface area contributed by atoms with Crippen LogP contribution >= 0.6 is 0 Å². The minimum atomic E-state index is -0.184. The summed E-state index contributed by atoms with van der Waals surface area (Å²) in [6.07, 6.45) is 6.33. The van der Waals surface area contributed by atoms with Crippen LogP contribution in [0.2, 0.25) is 0 Å². The second kappa shape index (κ2) is 6.09. The minimum Gasteiger partial charge on any atom is -0.438 e. The summed E-state index contributed by atoms with van der Waals surface area (Å²) < 4.78 is 5.82. The van der Waals surface area contributed by atoms with E-state index in [9.17, 15) is 4.79 Å². The minimum absolute atomic E-state index is 0.184. The number of aromatic amines is 1. The number of ether oxygens (including phenoxy) is 1. The third-order valence-corrected chi connectivity index (χ3v) is 3.08. The highest BCUT2D eigenvalue weighted by Gasteiger charge is 2.11. The zero-order valence-electron chi connectivity index (χ0n) is 11.9. The number of hydrogen-bond acceptors (Lipinski definition) is 4. The smallest absolute Gasteiger partial charge is 0.243 e. The zero-order valence-corrected chi connectivity index (χ0v) is 11.9. The largest absolute Gasteiger partial charge is 0.438 e. The highest BCUT2D eigenvalue weighted by atomic mass is 16.5. The lowest BCUT2D eigenvalue weighted by Gasteiger charge is -2.05. The Labute approximate surface area is 126 Å². The standard InChI is InChI=1S/C16H14N4O2/c1-17-13(21)8-7-11-9-18-15-14(11)16(20-10-19-15)22-12-5-3-2-4-6-12/h2-10H,1H3,(H,17,21)(H,18,19,20). The molecule has 3 rings (SSSR count). The van der Waals surface area contributed by atoms with Crippen LogP contribution in [0.25, 0.3) is 17.1 Å². The summed E-state index contributed by atoms with van der Waals surface area (Å²) >= 11 is 0. The maximum Gasteiger partial charge on any atom is 0.243 e. The van der Waals surface area contributed by atoms with Gasteiger partial charge in [-0.25, -0.2) is 9.97 Å². The van der Waals surface area contributed by atoms with Gasteiger partial charge in [-0.2, -0.15) is 0 Å². The number of carbonyl (C=O) groups is 1. The molecule has 0 saturated carbocycles. The molecule has 0 aliphatic rings. The average Bonchev–Trinajstić information content (AvgIpc) is 2.98. The number of fused-ring (bicyclic) bond motifs is 1. The van der Waals surface area contributed by atoms with Crippen molar-refractivity contribution in [1.82, 2.24) is 20.3 Å². The normalized spacial score (nSPS) is 11.0. The molecular weight excluding hydrogens is 280 g/mol. The number of H-pyrrole nitrogens is 1. The van der Waals surface area contributed by atoms with E-state index in [1.165, 1.54) is 12.4 Å². The molecule has 22 heavy (non-hydrogen) atoms. The van der Waals surface area contributed by atoms with E-state index in [-0.39, 0.29) is 5.91 Å². The first-order valence-corrected chi connectivity index (χ1v) is 6.72. The summed E-state index contributed by atoms with van der Waals surface area (Å²) in [6.45, 7) is 0. The highest BCUT2D eigenvalue weighted by Crippen LogP contribution is 2.29. The molecule has 3 aromatic rings. The number of amides is 1. The van der Waals surface area contributed by atoms with Crippen molar-refractivity contribution in [1.29, 1.82) is 0 Å². The van der Waals surface area contributed by atoms with Gasteiger partial charge in [-0.3, -0.25) is 4.79 Å². The number of hydrogen-bond donors (Lipinski definition) is 2. The van der Waals surface area contributed by atoms with E-state index >= 15 is 0 Å². The molecular formula is C16H14N4O2. The number of likely N-dealkylation sites (N-methyl/N-ethyl adjacent to an activating group) is 1. The quantitative estimate of drug-likeness (QED) is 0.725. The van der Waals surface area contributed by atoms with Gasteiger partial charge in [0.2, 0.25) is 11.8 Å². The number of carbonyl (C=O) groups excluding carboxylic acids is 1. The van der Waals surface area contributed by atoms with Crippen molar-refractivity contribution in [2.75, 3.05) is 7.05 Å². The molecule has 6 nitrogen and oxygen atoms in total. The molecule has 1 aromatic carbocycles. The number of para-hydroxylation sites is 1. The van der Waals surface area contributed by atoms with E-state index in [0.717, 1.165) is 10.9 Å². The van der Waals surface area contributed by atoms with Gasteiger partial charge in [0.05, 0.1) is 5.39 Å². The van der Waals surface area contributed by atoms with Crippen molar-refractivity contribution >= 4 is 23.0 Å². The number of rotatable bonds is 4. The van der Waals surface area contributed by atoms with Gasteiger partial charge in [0.25, 0.3) is 0 Å². The maximum absolute atomic E-state index is 11.3. The summed E-state index contributed by atoms with van der Waals surface area (Å²) in [5.41, 5.74) is 1.43. The second-order valence-corrected chi connectivity index (χ2v) is 4.51. The van der Waals surface area contributed by atoms with Gasteiger partial charge >= 0.3 is 0 Å². The summed E-state index contributed by atoms with van der Waals surface area (Å²) in [6, 6.07) is 9.38. The lowest BCUT2D eigenvalue weighted by molar-refractivity contribution is -0.115. The Morgan fingerprint density at radius 2 is 2.09 bits per heavy atom. The van der Waals surface area contributed by atoms with Crippen LogP contribution in [0.3, 0.4) is 0 Å². The predicted octanol–water partition coefficient (Wildman–Crippen LogP) is 2.51. The Morgan fingerprint density at radius 3 is 2.86 bits per heavy atom. The Bertz CT molecular complexity index is 825. The summed E-state index contributed by atoms with van der Waals surface area (Å²) in [5.74, 6) is 0.940. The van der Waals surface area contributed by atoms with Crippen molar-refractivity contribution in [2.45, 2.75) is 0 Å². The molecule has 0 bridgehead atoms. The Hall–Kier alpha value is -3.15. The fourth-order valence-corrected chi connectivity index (χ4v) is 2.02. The van der Waals surface area contributed by atoms with Crippen LogP contribution in [-0.4, -0.2) is 27.9 Å². The lowest BCUT2D eigenvalue weighted by Crippen LogP contribution is -2.13. The van der Waals surface area contributed by atoms with Gasteiger partial charge in [-0.05, 0) is 18.2 Å². The van der Waals surface area contributed by atoms with Gasteiger partial charge < -0.3 is 15.0 Å². The first-order chi connectivity index (χ1) is 10.8. The first-order valence-electron chi connectivity index (χ1n) is 6.72. The molecule has 6 heteroatoms. The maximum atomic E-state index is 11.3. The van der Waals surface area contributed by atoms with Crippen LogP contribution in [0.5, 0.6) is 11.6 Å². The Morgan fingerprint density at radius 1 is 1.27 bits per heavy atom. The van der Waals surface area contributed by atoms with Crippen molar-refractivity contribution in [3.63, 3.8) is 0 Å². The van der Waals surface area contributed by atoms with Crippen LogP contribution in [0.1, 0.15) is 5.56 Å². The van der Waals surface area contributed by atoms with E-state index in [2.05, 4.69) is 20.3 Å². The molecule has 2 N–H and O–H groups in total. The van der Waals surface area contributed by atoms with E-state index < -0.39 is 0 Å². The number of nitrogens with one attached hydrogen (secondary N) is 2. The first kappa shape index (κ1) is 13.8. The van der Waals surface area contributed by atoms with Crippen LogP contribution in [0.4, 0.5) is 0 Å². The van der Waals surface area contributed by atoms with Gasteiger partial charge in [0.15, 0.2) is 0 Å². The van der Waals surface area contributed by atoms with Crippen molar-refractivity contribution < 1.29 is 9.53 Å². The molecule has 0 atom stereocenters. The molecule has 0 radical (unpaired) electrons. The van der Waals surface area contributed by atoms with E-state index in [4.69, 9.17) is 4.74 Å². The third-order valence-electron chi connectivity index (χ3n) is 3.08. The van der Waals surface area contributed by atoms with E-state index in [1.807, 2.05) is 30.3 Å².